The summed E-state index contributed by atoms with van der Waals surface area (Å²) < 4.78 is 29.0. The van der Waals surface area contributed by atoms with Gasteiger partial charge in [-0.2, -0.15) is 29.2 Å². The molecule has 0 saturated carbocycles. The van der Waals surface area contributed by atoms with Crippen molar-refractivity contribution in [1.29, 1.82) is 0 Å². The lowest BCUT2D eigenvalue weighted by Gasteiger charge is -2.32. The van der Waals surface area contributed by atoms with E-state index in [0.29, 0.717) is 19.0 Å². The maximum Gasteiger partial charge on any atom is 0.279 e. The van der Waals surface area contributed by atoms with Crippen LogP contribution in [-0.2, 0) is 10.2 Å². The Labute approximate surface area is 114 Å². The summed E-state index contributed by atoms with van der Waals surface area (Å²) in [7, 11) is -1.36. The summed E-state index contributed by atoms with van der Waals surface area (Å²) in [5.74, 6) is 2.42. The standard InChI is InChI=1S/C11H23N3O2S2/c1-12-7-10-3-2-5-14(8-10)18(15,16)13-11-4-6-17-9-11/h10-13H,2-9H2,1H3. The highest BCUT2D eigenvalue weighted by molar-refractivity contribution is 7.99. The Bertz CT molecular complexity index is 353. The van der Waals surface area contributed by atoms with Gasteiger partial charge in [-0.3, -0.25) is 0 Å². The minimum Gasteiger partial charge on any atom is -0.319 e. The molecule has 0 amide bonds. The first-order valence-electron chi connectivity index (χ1n) is 6.61. The van der Waals surface area contributed by atoms with Crippen LogP contribution in [0.2, 0.25) is 0 Å². The van der Waals surface area contributed by atoms with Crippen molar-refractivity contribution in [3.8, 4) is 0 Å². The lowest BCUT2D eigenvalue weighted by Crippen LogP contribution is -2.50. The van der Waals surface area contributed by atoms with Crippen LogP contribution in [0, 0.1) is 5.92 Å². The second-order valence-corrected chi connectivity index (χ2v) is 7.96. The minimum absolute atomic E-state index is 0.129. The third-order valence-electron chi connectivity index (χ3n) is 3.56. The average molecular weight is 293 g/mol. The summed E-state index contributed by atoms with van der Waals surface area (Å²) in [6, 6.07) is 0.129. The molecule has 0 aromatic carbocycles. The van der Waals surface area contributed by atoms with Crippen molar-refractivity contribution in [1.82, 2.24) is 14.3 Å². The maximum atomic E-state index is 12.3. The molecule has 0 radical (unpaired) electrons. The van der Waals surface area contributed by atoms with Gasteiger partial charge in [0, 0.05) is 24.9 Å². The van der Waals surface area contributed by atoms with Gasteiger partial charge in [0.1, 0.15) is 0 Å². The van der Waals surface area contributed by atoms with Gasteiger partial charge in [0.25, 0.3) is 10.2 Å². The van der Waals surface area contributed by atoms with Crippen molar-refractivity contribution in [2.75, 3.05) is 38.2 Å². The fourth-order valence-corrected chi connectivity index (χ4v) is 5.42. The predicted molar refractivity (Wildman–Crippen MR) is 76.0 cm³/mol. The molecule has 2 atom stereocenters. The number of piperidine rings is 1. The van der Waals surface area contributed by atoms with Gasteiger partial charge in [-0.1, -0.05) is 0 Å². The largest absolute Gasteiger partial charge is 0.319 e. The van der Waals surface area contributed by atoms with Crippen LogP contribution in [0.25, 0.3) is 0 Å². The quantitative estimate of drug-likeness (QED) is 0.763. The average Bonchev–Trinajstić information content (AvgIpc) is 2.82. The summed E-state index contributed by atoms with van der Waals surface area (Å²) in [4.78, 5) is 0. The van der Waals surface area contributed by atoms with Crippen molar-refractivity contribution in [2.45, 2.75) is 25.3 Å². The fourth-order valence-electron chi connectivity index (χ4n) is 2.61. The Morgan fingerprint density at radius 2 is 2.22 bits per heavy atom. The monoisotopic (exact) mass is 293 g/mol. The van der Waals surface area contributed by atoms with E-state index in [4.69, 9.17) is 0 Å². The molecule has 0 aromatic heterocycles. The second kappa shape index (κ2) is 6.56. The highest BCUT2D eigenvalue weighted by Crippen LogP contribution is 2.21. The molecule has 5 nitrogen and oxygen atoms in total. The molecule has 18 heavy (non-hydrogen) atoms. The molecule has 2 heterocycles. The molecule has 2 aliphatic rings. The first kappa shape index (κ1) is 14.6. The van der Waals surface area contributed by atoms with Crippen molar-refractivity contribution < 1.29 is 8.42 Å². The molecule has 2 saturated heterocycles. The van der Waals surface area contributed by atoms with Gasteiger partial charge in [0.2, 0.25) is 0 Å². The SMILES string of the molecule is CNCC1CCCN(S(=O)(=O)NC2CCSC2)C1. The lowest BCUT2D eigenvalue weighted by atomic mass is 10.00. The van der Waals surface area contributed by atoms with Gasteiger partial charge in [-0.05, 0) is 44.5 Å². The summed E-state index contributed by atoms with van der Waals surface area (Å²) in [5, 5.41) is 3.14. The number of hydrogen-bond donors (Lipinski definition) is 2. The fraction of sp³-hybridized carbons (Fsp3) is 1.00. The first-order valence-corrected chi connectivity index (χ1v) is 9.21. The van der Waals surface area contributed by atoms with E-state index < -0.39 is 10.2 Å². The topological polar surface area (TPSA) is 61.4 Å². The highest BCUT2D eigenvalue weighted by atomic mass is 32.2. The van der Waals surface area contributed by atoms with E-state index in [0.717, 1.165) is 37.3 Å². The first-order chi connectivity index (χ1) is 8.62. The van der Waals surface area contributed by atoms with E-state index in [-0.39, 0.29) is 6.04 Å². The van der Waals surface area contributed by atoms with E-state index in [1.807, 2.05) is 18.8 Å². The van der Waals surface area contributed by atoms with Crippen LogP contribution >= 0.6 is 11.8 Å². The number of nitrogens with one attached hydrogen (secondary N) is 2. The van der Waals surface area contributed by atoms with Gasteiger partial charge in [-0.25, -0.2) is 0 Å². The summed E-state index contributed by atoms with van der Waals surface area (Å²) in [5.41, 5.74) is 0. The van der Waals surface area contributed by atoms with Crippen molar-refractivity contribution in [2.24, 2.45) is 5.92 Å². The Hall–Kier alpha value is 0.180. The van der Waals surface area contributed by atoms with Crippen molar-refractivity contribution in [3.63, 3.8) is 0 Å². The zero-order chi connectivity index (χ0) is 13.0. The minimum atomic E-state index is -3.28. The molecule has 2 fully saturated rings. The highest BCUT2D eigenvalue weighted by Gasteiger charge is 2.31. The third kappa shape index (κ3) is 3.84. The number of rotatable bonds is 5. The Kier molecular flexibility index (Phi) is 5.32. The van der Waals surface area contributed by atoms with Gasteiger partial charge in [0.05, 0.1) is 0 Å². The predicted octanol–water partition coefficient (Wildman–Crippen LogP) is 0.258. The molecular weight excluding hydrogens is 270 g/mol. The van der Waals surface area contributed by atoms with Gasteiger partial charge in [-0.15, -0.1) is 0 Å². The van der Waals surface area contributed by atoms with Crippen molar-refractivity contribution in [3.05, 3.63) is 0 Å². The number of thioether (sulfide) groups is 1. The molecule has 2 rings (SSSR count). The number of nitrogens with zero attached hydrogens (tertiary/aromatic N) is 1. The van der Waals surface area contributed by atoms with E-state index in [9.17, 15) is 8.42 Å². The van der Waals surface area contributed by atoms with Crippen molar-refractivity contribution >= 4 is 22.0 Å². The van der Waals surface area contributed by atoms with Crippen LogP contribution < -0.4 is 10.0 Å². The summed E-state index contributed by atoms with van der Waals surface area (Å²) in [6.45, 7) is 2.21. The van der Waals surface area contributed by atoms with Gasteiger partial charge in [0.15, 0.2) is 0 Å². The van der Waals surface area contributed by atoms with Crippen LogP contribution in [0.4, 0.5) is 0 Å². The molecule has 0 aromatic rings. The summed E-state index contributed by atoms with van der Waals surface area (Å²) in [6.07, 6.45) is 3.04. The van der Waals surface area contributed by atoms with Crippen LogP contribution in [0.3, 0.4) is 0 Å². The smallest absolute Gasteiger partial charge is 0.279 e. The molecule has 0 spiro atoms. The Morgan fingerprint density at radius 1 is 1.39 bits per heavy atom. The number of hydrogen-bond acceptors (Lipinski definition) is 4. The van der Waals surface area contributed by atoms with Crippen LogP contribution in [0.5, 0.6) is 0 Å². The Morgan fingerprint density at radius 3 is 2.89 bits per heavy atom. The molecular formula is C11H23N3O2S2. The van der Waals surface area contributed by atoms with E-state index in [1.165, 1.54) is 0 Å². The molecule has 2 unspecified atom stereocenters. The molecule has 0 aliphatic carbocycles. The summed E-state index contributed by atoms with van der Waals surface area (Å²) >= 11 is 1.82. The zero-order valence-corrected chi connectivity index (χ0v) is 12.5. The van der Waals surface area contributed by atoms with Crippen LogP contribution in [0.15, 0.2) is 0 Å². The lowest BCUT2D eigenvalue weighted by molar-refractivity contribution is 0.260. The van der Waals surface area contributed by atoms with Crippen LogP contribution in [0.1, 0.15) is 19.3 Å². The zero-order valence-electron chi connectivity index (χ0n) is 10.9. The van der Waals surface area contributed by atoms with E-state index >= 15 is 0 Å². The van der Waals surface area contributed by atoms with Gasteiger partial charge < -0.3 is 5.32 Å². The molecule has 7 heteroatoms. The van der Waals surface area contributed by atoms with Crippen LogP contribution in [-0.4, -0.2) is 57.0 Å². The maximum absolute atomic E-state index is 12.3. The van der Waals surface area contributed by atoms with E-state index in [1.54, 1.807) is 4.31 Å². The molecule has 2 N–H and O–H groups in total. The normalized spacial score (nSPS) is 30.7. The van der Waals surface area contributed by atoms with Gasteiger partial charge >= 0.3 is 0 Å². The second-order valence-electron chi connectivity index (χ2n) is 5.11. The molecule has 2 aliphatic heterocycles. The third-order valence-corrected chi connectivity index (χ3v) is 6.36. The van der Waals surface area contributed by atoms with E-state index in [2.05, 4.69) is 10.0 Å². The Balaban J connectivity index is 1.91. The molecule has 0 bridgehead atoms. The molecule has 106 valence electrons.